The van der Waals surface area contributed by atoms with E-state index in [2.05, 4.69) is 17.4 Å². The molecule has 0 aliphatic heterocycles. The van der Waals surface area contributed by atoms with E-state index in [1.54, 1.807) is 18.9 Å². The van der Waals surface area contributed by atoms with Gasteiger partial charge in [0.2, 0.25) is 5.91 Å². The zero-order valence-electron chi connectivity index (χ0n) is 15.0. The predicted octanol–water partition coefficient (Wildman–Crippen LogP) is 3.74. The van der Waals surface area contributed by atoms with E-state index in [-0.39, 0.29) is 5.91 Å². The SMILES string of the molecule is COc1cccc(CNC(=O)CSCCOc2cc(C)ccc2C)c1. The Hall–Kier alpha value is -2.14. The first-order valence-corrected chi connectivity index (χ1v) is 9.41. The van der Waals surface area contributed by atoms with E-state index in [0.29, 0.717) is 18.9 Å². The molecule has 1 amide bonds. The highest BCUT2D eigenvalue weighted by atomic mass is 32.2. The van der Waals surface area contributed by atoms with Gasteiger partial charge in [-0.3, -0.25) is 4.79 Å². The first-order chi connectivity index (χ1) is 12.1. The number of aryl methyl sites for hydroxylation is 2. The Morgan fingerprint density at radius 2 is 2.00 bits per heavy atom. The third-order valence-corrected chi connectivity index (χ3v) is 4.61. The van der Waals surface area contributed by atoms with Gasteiger partial charge in [0.15, 0.2) is 0 Å². The van der Waals surface area contributed by atoms with Crippen molar-refractivity contribution < 1.29 is 14.3 Å². The number of nitrogens with one attached hydrogen (secondary N) is 1. The summed E-state index contributed by atoms with van der Waals surface area (Å²) in [7, 11) is 1.63. The molecular formula is C20H25NO3S. The molecule has 1 N–H and O–H groups in total. The van der Waals surface area contributed by atoms with Crippen LogP contribution in [0.1, 0.15) is 16.7 Å². The Morgan fingerprint density at radius 3 is 2.80 bits per heavy atom. The number of methoxy groups -OCH3 is 1. The van der Waals surface area contributed by atoms with Crippen molar-refractivity contribution in [3.05, 3.63) is 59.2 Å². The summed E-state index contributed by atoms with van der Waals surface area (Å²) < 4.78 is 11.0. The van der Waals surface area contributed by atoms with Crippen molar-refractivity contribution in [1.82, 2.24) is 5.32 Å². The lowest BCUT2D eigenvalue weighted by molar-refractivity contribution is -0.118. The van der Waals surface area contributed by atoms with Crippen LogP contribution in [0.25, 0.3) is 0 Å². The summed E-state index contributed by atoms with van der Waals surface area (Å²) in [5.41, 5.74) is 3.34. The highest BCUT2D eigenvalue weighted by Gasteiger charge is 2.04. The standard InChI is InChI=1S/C20H25NO3S/c1-15-7-8-16(2)19(11-15)24-9-10-25-14-20(22)21-13-17-5-4-6-18(12-17)23-3/h4-8,11-12H,9-10,13-14H2,1-3H3,(H,21,22). The summed E-state index contributed by atoms with van der Waals surface area (Å²) >= 11 is 1.57. The van der Waals surface area contributed by atoms with Crippen LogP contribution < -0.4 is 14.8 Å². The van der Waals surface area contributed by atoms with Crippen molar-refractivity contribution in [3.63, 3.8) is 0 Å². The van der Waals surface area contributed by atoms with Gasteiger partial charge in [-0.05, 0) is 48.7 Å². The monoisotopic (exact) mass is 359 g/mol. The average Bonchev–Trinajstić information content (AvgIpc) is 2.62. The fourth-order valence-electron chi connectivity index (χ4n) is 2.27. The molecule has 0 spiro atoms. The first-order valence-electron chi connectivity index (χ1n) is 8.26. The third-order valence-electron chi connectivity index (χ3n) is 3.69. The molecule has 25 heavy (non-hydrogen) atoms. The van der Waals surface area contributed by atoms with E-state index in [9.17, 15) is 4.79 Å². The average molecular weight is 359 g/mol. The summed E-state index contributed by atoms with van der Waals surface area (Å²) in [4.78, 5) is 11.9. The molecule has 2 rings (SSSR count). The van der Waals surface area contributed by atoms with Crippen molar-refractivity contribution in [2.75, 3.05) is 25.2 Å². The maximum atomic E-state index is 11.9. The molecule has 0 radical (unpaired) electrons. The van der Waals surface area contributed by atoms with E-state index in [4.69, 9.17) is 9.47 Å². The number of hydrogen-bond donors (Lipinski definition) is 1. The zero-order chi connectivity index (χ0) is 18.1. The van der Waals surface area contributed by atoms with Gasteiger partial charge in [-0.25, -0.2) is 0 Å². The molecule has 0 bridgehead atoms. The van der Waals surface area contributed by atoms with Gasteiger partial charge < -0.3 is 14.8 Å². The normalized spacial score (nSPS) is 10.4. The minimum Gasteiger partial charge on any atom is -0.497 e. The van der Waals surface area contributed by atoms with Crippen LogP contribution in [0.2, 0.25) is 0 Å². The number of benzene rings is 2. The maximum Gasteiger partial charge on any atom is 0.230 e. The Balaban J connectivity index is 1.63. The maximum absolute atomic E-state index is 11.9. The number of ether oxygens (including phenoxy) is 2. The second-order valence-electron chi connectivity index (χ2n) is 5.80. The molecule has 2 aromatic carbocycles. The fraction of sp³-hybridized carbons (Fsp3) is 0.350. The van der Waals surface area contributed by atoms with Crippen LogP contribution in [-0.2, 0) is 11.3 Å². The van der Waals surface area contributed by atoms with Crippen molar-refractivity contribution >= 4 is 17.7 Å². The van der Waals surface area contributed by atoms with Crippen LogP contribution >= 0.6 is 11.8 Å². The molecule has 0 aromatic heterocycles. The molecule has 134 valence electrons. The third kappa shape index (κ3) is 6.70. The van der Waals surface area contributed by atoms with Crippen molar-refractivity contribution in [1.29, 1.82) is 0 Å². The van der Waals surface area contributed by atoms with Gasteiger partial charge >= 0.3 is 0 Å². The van der Waals surface area contributed by atoms with Crippen molar-refractivity contribution in [2.45, 2.75) is 20.4 Å². The highest BCUT2D eigenvalue weighted by Crippen LogP contribution is 2.19. The molecule has 0 atom stereocenters. The Bertz CT molecular complexity index is 703. The minimum atomic E-state index is 0.0274. The van der Waals surface area contributed by atoms with E-state index in [1.165, 1.54) is 5.56 Å². The molecule has 0 fully saturated rings. The number of amides is 1. The summed E-state index contributed by atoms with van der Waals surface area (Å²) in [6, 6.07) is 13.9. The molecule has 0 aliphatic rings. The number of carbonyl (C=O) groups is 1. The molecule has 5 heteroatoms. The van der Waals surface area contributed by atoms with E-state index in [0.717, 1.165) is 28.4 Å². The molecule has 0 heterocycles. The van der Waals surface area contributed by atoms with Crippen LogP contribution in [0, 0.1) is 13.8 Å². The van der Waals surface area contributed by atoms with Crippen LogP contribution in [0.15, 0.2) is 42.5 Å². The zero-order valence-corrected chi connectivity index (χ0v) is 15.8. The summed E-state index contributed by atoms with van der Waals surface area (Å²) in [6.07, 6.45) is 0. The van der Waals surface area contributed by atoms with E-state index < -0.39 is 0 Å². The number of carbonyl (C=O) groups excluding carboxylic acids is 1. The summed E-state index contributed by atoms with van der Waals surface area (Å²) in [5, 5.41) is 2.92. The summed E-state index contributed by atoms with van der Waals surface area (Å²) in [5.74, 6) is 2.95. The molecule has 2 aromatic rings. The van der Waals surface area contributed by atoms with Gasteiger partial charge in [-0.2, -0.15) is 0 Å². The van der Waals surface area contributed by atoms with Crippen LogP contribution in [0.3, 0.4) is 0 Å². The lowest BCUT2D eigenvalue weighted by Crippen LogP contribution is -2.25. The van der Waals surface area contributed by atoms with Crippen LogP contribution in [0.4, 0.5) is 0 Å². The van der Waals surface area contributed by atoms with Gasteiger partial charge in [-0.15, -0.1) is 11.8 Å². The van der Waals surface area contributed by atoms with Gasteiger partial charge in [0.1, 0.15) is 11.5 Å². The predicted molar refractivity (Wildman–Crippen MR) is 104 cm³/mol. The smallest absolute Gasteiger partial charge is 0.230 e. The first kappa shape index (κ1) is 19.2. The number of rotatable bonds is 9. The topological polar surface area (TPSA) is 47.6 Å². The van der Waals surface area contributed by atoms with E-state index in [1.807, 2.05) is 44.2 Å². The van der Waals surface area contributed by atoms with Gasteiger partial charge in [0.05, 0.1) is 19.5 Å². The molecular weight excluding hydrogens is 334 g/mol. The van der Waals surface area contributed by atoms with Crippen LogP contribution in [0.5, 0.6) is 11.5 Å². The second kappa shape index (κ2) is 9.99. The lowest BCUT2D eigenvalue weighted by Gasteiger charge is -2.10. The molecule has 4 nitrogen and oxygen atoms in total. The number of hydrogen-bond acceptors (Lipinski definition) is 4. The van der Waals surface area contributed by atoms with Crippen LogP contribution in [-0.4, -0.2) is 31.1 Å². The molecule has 0 unspecified atom stereocenters. The molecule has 0 saturated carbocycles. The van der Waals surface area contributed by atoms with Gasteiger partial charge in [0.25, 0.3) is 0 Å². The van der Waals surface area contributed by atoms with Gasteiger partial charge in [0, 0.05) is 12.3 Å². The Kier molecular flexibility index (Phi) is 7.67. The second-order valence-corrected chi connectivity index (χ2v) is 6.90. The fourth-order valence-corrected chi connectivity index (χ4v) is 2.91. The Labute approximate surface area is 153 Å². The Morgan fingerprint density at radius 1 is 1.16 bits per heavy atom. The lowest BCUT2D eigenvalue weighted by atomic mass is 10.1. The largest absolute Gasteiger partial charge is 0.497 e. The minimum absolute atomic E-state index is 0.0274. The van der Waals surface area contributed by atoms with Crippen molar-refractivity contribution in [2.24, 2.45) is 0 Å². The van der Waals surface area contributed by atoms with Gasteiger partial charge in [-0.1, -0.05) is 24.3 Å². The summed E-state index contributed by atoms with van der Waals surface area (Å²) in [6.45, 7) is 5.19. The number of thioether (sulfide) groups is 1. The van der Waals surface area contributed by atoms with Crippen molar-refractivity contribution in [3.8, 4) is 11.5 Å². The quantitative estimate of drug-likeness (QED) is 0.693. The molecule has 0 aliphatic carbocycles. The van der Waals surface area contributed by atoms with E-state index >= 15 is 0 Å². The highest BCUT2D eigenvalue weighted by molar-refractivity contribution is 7.99. The molecule has 0 saturated heterocycles.